The molecule has 1 N–H and O–H groups in total. The van der Waals surface area contributed by atoms with Gasteiger partial charge in [0.15, 0.2) is 0 Å². The minimum Gasteiger partial charge on any atom is -0.300 e. The van der Waals surface area contributed by atoms with Crippen molar-refractivity contribution in [3.8, 4) is 0 Å². The minimum atomic E-state index is -3.54. The van der Waals surface area contributed by atoms with Crippen LogP contribution in [-0.2, 0) is 34.1 Å². The molecule has 172 valence electrons. The largest absolute Gasteiger partial charge is 0.300 e. The van der Waals surface area contributed by atoms with Crippen molar-refractivity contribution in [2.24, 2.45) is 5.92 Å². The summed E-state index contributed by atoms with van der Waals surface area (Å²) in [4.78, 5) is 13.1. The lowest BCUT2D eigenvalue weighted by Gasteiger charge is -2.30. The third-order valence-corrected chi connectivity index (χ3v) is 9.16. The summed E-state index contributed by atoms with van der Waals surface area (Å²) >= 11 is 1.37. The van der Waals surface area contributed by atoms with Crippen LogP contribution in [0.4, 0.5) is 5.13 Å². The summed E-state index contributed by atoms with van der Waals surface area (Å²) in [7, 11) is -3.54. The fourth-order valence-electron chi connectivity index (χ4n) is 4.57. The third-order valence-electron chi connectivity index (χ3n) is 6.43. The number of carbonyl (C=O) groups excluding carboxylic acids is 1. The van der Waals surface area contributed by atoms with Gasteiger partial charge >= 0.3 is 0 Å². The van der Waals surface area contributed by atoms with Crippen molar-refractivity contribution >= 4 is 32.4 Å². The first kappa shape index (κ1) is 22.2. The highest BCUT2D eigenvalue weighted by atomic mass is 32.2. The predicted molar refractivity (Wildman–Crippen MR) is 128 cm³/mol. The SMILES string of the molecule is O=C(Nc1nnc(Cc2ccccc2)s1)C1CCN(S(=O)(=O)c2ccc3c(c2)CCC3)CC1. The van der Waals surface area contributed by atoms with Crippen LogP contribution in [-0.4, -0.2) is 41.9 Å². The number of aryl methyl sites for hydroxylation is 2. The van der Waals surface area contributed by atoms with E-state index < -0.39 is 10.0 Å². The Kier molecular flexibility index (Phi) is 6.27. The first-order valence-electron chi connectivity index (χ1n) is 11.3. The third kappa shape index (κ3) is 4.85. The quantitative estimate of drug-likeness (QED) is 0.579. The van der Waals surface area contributed by atoms with Crippen LogP contribution in [0.25, 0.3) is 0 Å². The average molecular weight is 483 g/mol. The predicted octanol–water partition coefficient (Wildman–Crippen LogP) is 3.66. The summed E-state index contributed by atoms with van der Waals surface area (Å²) in [6.45, 7) is 0.680. The van der Waals surface area contributed by atoms with Gasteiger partial charge in [0.05, 0.1) is 4.90 Å². The minimum absolute atomic E-state index is 0.119. The lowest BCUT2D eigenvalue weighted by atomic mass is 9.97. The lowest BCUT2D eigenvalue weighted by molar-refractivity contribution is -0.120. The highest BCUT2D eigenvalue weighted by Crippen LogP contribution is 2.29. The molecule has 2 aliphatic rings. The first-order valence-corrected chi connectivity index (χ1v) is 13.5. The number of sulfonamides is 1. The number of nitrogens with zero attached hydrogens (tertiary/aromatic N) is 3. The van der Waals surface area contributed by atoms with E-state index in [0.717, 1.165) is 35.4 Å². The van der Waals surface area contributed by atoms with E-state index in [9.17, 15) is 13.2 Å². The monoisotopic (exact) mass is 482 g/mol. The summed E-state index contributed by atoms with van der Waals surface area (Å²) in [6.07, 6.45) is 4.71. The molecule has 0 radical (unpaired) electrons. The van der Waals surface area contributed by atoms with Gasteiger partial charge in [-0.2, -0.15) is 4.31 Å². The van der Waals surface area contributed by atoms with E-state index in [2.05, 4.69) is 15.5 Å². The van der Waals surface area contributed by atoms with E-state index >= 15 is 0 Å². The van der Waals surface area contributed by atoms with Gasteiger partial charge in [-0.05, 0) is 60.9 Å². The van der Waals surface area contributed by atoms with Crippen LogP contribution < -0.4 is 5.32 Å². The van der Waals surface area contributed by atoms with Gasteiger partial charge in [0.2, 0.25) is 21.1 Å². The Balaban J connectivity index is 1.17. The summed E-state index contributed by atoms with van der Waals surface area (Å²) in [6, 6.07) is 15.5. The molecule has 33 heavy (non-hydrogen) atoms. The van der Waals surface area contributed by atoms with Crippen LogP contribution in [0.3, 0.4) is 0 Å². The van der Waals surface area contributed by atoms with Gasteiger partial charge < -0.3 is 5.32 Å². The molecule has 1 aliphatic carbocycles. The van der Waals surface area contributed by atoms with Crippen LogP contribution in [0.5, 0.6) is 0 Å². The summed E-state index contributed by atoms with van der Waals surface area (Å²) in [5.74, 6) is -0.357. The number of anilines is 1. The standard InChI is InChI=1S/C24H26N4O3S2/c29-23(25-24-27-26-22(32-24)15-17-5-2-1-3-6-17)19-11-13-28(14-12-19)33(30,31)21-10-9-18-7-4-8-20(18)16-21/h1-3,5-6,9-10,16,19H,4,7-8,11-15H2,(H,25,27,29). The van der Waals surface area contributed by atoms with Crippen LogP contribution in [0.2, 0.25) is 0 Å². The van der Waals surface area contributed by atoms with Crippen molar-refractivity contribution < 1.29 is 13.2 Å². The number of rotatable bonds is 6. The second kappa shape index (κ2) is 9.32. The molecule has 9 heteroatoms. The van der Waals surface area contributed by atoms with Crippen LogP contribution in [0.1, 0.15) is 41.0 Å². The van der Waals surface area contributed by atoms with E-state index in [1.54, 1.807) is 6.07 Å². The Morgan fingerprint density at radius 1 is 1.03 bits per heavy atom. The molecule has 2 aromatic carbocycles. The Hall–Kier alpha value is -2.62. The van der Waals surface area contributed by atoms with E-state index in [1.165, 1.54) is 21.2 Å². The molecule has 0 atom stereocenters. The van der Waals surface area contributed by atoms with Crippen molar-refractivity contribution in [2.75, 3.05) is 18.4 Å². The second-order valence-corrected chi connectivity index (χ2v) is 11.6. The topological polar surface area (TPSA) is 92.3 Å². The fraction of sp³-hybridized carbons (Fsp3) is 0.375. The number of amides is 1. The molecule has 5 rings (SSSR count). The number of aromatic nitrogens is 2. The number of carbonyl (C=O) groups is 1. The molecular weight excluding hydrogens is 456 g/mol. The van der Waals surface area contributed by atoms with Gasteiger partial charge in [-0.3, -0.25) is 4.79 Å². The molecule has 2 heterocycles. The maximum absolute atomic E-state index is 13.1. The van der Waals surface area contributed by atoms with Gasteiger partial charge in [-0.1, -0.05) is 47.7 Å². The molecule has 0 spiro atoms. The molecule has 1 amide bonds. The molecule has 1 aromatic heterocycles. The number of hydrogen-bond acceptors (Lipinski definition) is 6. The molecule has 1 aliphatic heterocycles. The molecule has 0 bridgehead atoms. The van der Waals surface area contributed by atoms with E-state index in [1.807, 2.05) is 42.5 Å². The Morgan fingerprint density at radius 3 is 2.58 bits per heavy atom. The number of fused-ring (bicyclic) bond motifs is 1. The maximum Gasteiger partial charge on any atom is 0.243 e. The highest BCUT2D eigenvalue weighted by Gasteiger charge is 2.33. The van der Waals surface area contributed by atoms with Crippen molar-refractivity contribution in [2.45, 2.75) is 43.4 Å². The molecule has 0 saturated carbocycles. The van der Waals surface area contributed by atoms with Crippen molar-refractivity contribution in [3.63, 3.8) is 0 Å². The maximum atomic E-state index is 13.1. The number of nitrogens with one attached hydrogen (secondary N) is 1. The van der Waals surface area contributed by atoms with E-state index in [0.29, 0.717) is 42.4 Å². The molecule has 1 fully saturated rings. The molecular formula is C24H26N4O3S2. The van der Waals surface area contributed by atoms with E-state index in [4.69, 9.17) is 0 Å². The average Bonchev–Trinajstić information content (AvgIpc) is 3.48. The van der Waals surface area contributed by atoms with Gasteiger partial charge in [-0.25, -0.2) is 8.42 Å². The molecule has 3 aromatic rings. The fourth-order valence-corrected chi connectivity index (χ4v) is 6.87. The van der Waals surface area contributed by atoms with Crippen molar-refractivity contribution in [3.05, 3.63) is 70.2 Å². The zero-order valence-corrected chi connectivity index (χ0v) is 19.9. The number of hydrogen-bond donors (Lipinski definition) is 1. The normalized spacial score (nSPS) is 17.1. The summed E-state index contributed by atoms with van der Waals surface area (Å²) in [5.41, 5.74) is 3.55. The van der Waals surface area contributed by atoms with Crippen LogP contribution in [0, 0.1) is 5.92 Å². The highest BCUT2D eigenvalue weighted by molar-refractivity contribution is 7.89. The first-order chi connectivity index (χ1) is 16.0. The Morgan fingerprint density at radius 2 is 1.79 bits per heavy atom. The van der Waals surface area contributed by atoms with Crippen LogP contribution >= 0.6 is 11.3 Å². The number of piperidine rings is 1. The van der Waals surface area contributed by atoms with Gasteiger partial charge in [0.25, 0.3) is 0 Å². The van der Waals surface area contributed by atoms with Gasteiger partial charge in [0.1, 0.15) is 5.01 Å². The molecule has 0 unspecified atom stereocenters. The zero-order valence-electron chi connectivity index (χ0n) is 18.2. The summed E-state index contributed by atoms with van der Waals surface area (Å²) in [5, 5.41) is 12.5. The Labute approximate surface area is 197 Å². The van der Waals surface area contributed by atoms with Gasteiger partial charge in [0, 0.05) is 25.4 Å². The zero-order chi connectivity index (χ0) is 22.8. The van der Waals surface area contributed by atoms with Crippen molar-refractivity contribution in [1.82, 2.24) is 14.5 Å². The van der Waals surface area contributed by atoms with Crippen LogP contribution in [0.15, 0.2) is 53.4 Å². The number of benzene rings is 2. The lowest BCUT2D eigenvalue weighted by Crippen LogP contribution is -2.41. The van der Waals surface area contributed by atoms with Gasteiger partial charge in [-0.15, -0.1) is 10.2 Å². The Bertz CT molecular complexity index is 1250. The molecule has 7 nitrogen and oxygen atoms in total. The van der Waals surface area contributed by atoms with Crippen molar-refractivity contribution in [1.29, 1.82) is 0 Å². The smallest absolute Gasteiger partial charge is 0.243 e. The molecule has 1 saturated heterocycles. The van der Waals surface area contributed by atoms with E-state index in [-0.39, 0.29) is 11.8 Å². The summed E-state index contributed by atoms with van der Waals surface area (Å²) < 4.78 is 27.7. The second-order valence-electron chi connectivity index (χ2n) is 8.62.